The number of rotatable bonds is 6. The van der Waals surface area contributed by atoms with Crippen LogP contribution in [0.15, 0.2) is 22.9 Å². The average Bonchev–Trinajstić information content (AvgIpc) is 3.03. The fraction of sp³-hybridized carbons (Fsp3) is 0.762. The van der Waals surface area contributed by atoms with Crippen LogP contribution in [0.3, 0.4) is 0 Å². The van der Waals surface area contributed by atoms with Gasteiger partial charge >= 0.3 is 0 Å². The minimum absolute atomic E-state index is 0.205. The van der Waals surface area contributed by atoms with E-state index in [0.29, 0.717) is 41.0 Å². The highest BCUT2D eigenvalue weighted by Gasteiger charge is 2.56. The van der Waals surface area contributed by atoms with Crippen LogP contribution >= 0.6 is 11.8 Å². The number of fused-ring (bicyclic) bond motifs is 1. The highest BCUT2D eigenvalue weighted by atomic mass is 32.2. The molecule has 2 unspecified atom stereocenters. The van der Waals surface area contributed by atoms with Crippen molar-refractivity contribution in [1.82, 2.24) is 15.1 Å². The summed E-state index contributed by atoms with van der Waals surface area (Å²) < 4.78 is 0. The number of β-lactam (4-membered cyclic amide) rings is 1. The number of nitrogens with one attached hydrogen (secondary N) is 1. The Bertz CT molecular complexity index is 629. The first-order chi connectivity index (χ1) is 12.2. The quantitative estimate of drug-likeness (QED) is 0.719. The third-order valence-corrected chi connectivity index (χ3v) is 8.45. The summed E-state index contributed by atoms with van der Waals surface area (Å²) in [6.07, 6.45) is 1.18. The maximum absolute atomic E-state index is 12.6. The van der Waals surface area contributed by atoms with Crippen molar-refractivity contribution in [2.24, 2.45) is 23.7 Å². The topological polar surface area (TPSA) is 35.6 Å². The number of carbonyl (C=O) groups excluding carboxylic acids is 1. The van der Waals surface area contributed by atoms with Gasteiger partial charge in [0, 0.05) is 53.0 Å². The molecule has 5 heteroatoms. The van der Waals surface area contributed by atoms with E-state index in [9.17, 15) is 4.79 Å². The molecule has 0 spiro atoms. The molecule has 0 bridgehead atoms. The van der Waals surface area contributed by atoms with Gasteiger partial charge in [0.15, 0.2) is 0 Å². The SMILES string of the molecule is C=C(NC)C(C)[C@@H]1CC(SC2=C(C)N3C(=O)[C@H](C(C)C)[C@H]3[C@H]2C)CN1C. The smallest absolute Gasteiger partial charge is 0.232 e. The van der Waals surface area contributed by atoms with E-state index >= 15 is 0 Å². The van der Waals surface area contributed by atoms with Crippen LogP contribution in [0.2, 0.25) is 0 Å². The van der Waals surface area contributed by atoms with Crippen LogP contribution in [0.4, 0.5) is 0 Å². The molecule has 0 aromatic rings. The molecular formula is C21H35N3OS. The molecule has 26 heavy (non-hydrogen) atoms. The molecule has 146 valence electrons. The summed E-state index contributed by atoms with van der Waals surface area (Å²) in [4.78, 5) is 18.6. The van der Waals surface area contributed by atoms with Gasteiger partial charge in [0.2, 0.25) is 5.91 Å². The van der Waals surface area contributed by atoms with Crippen molar-refractivity contribution in [2.45, 2.75) is 58.4 Å². The van der Waals surface area contributed by atoms with Crippen molar-refractivity contribution < 1.29 is 4.79 Å². The van der Waals surface area contributed by atoms with Gasteiger partial charge in [-0.3, -0.25) is 4.79 Å². The van der Waals surface area contributed by atoms with Crippen molar-refractivity contribution in [2.75, 3.05) is 20.6 Å². The zero-order valence-corrected chi connectivity index (χ0v) is 18.2. The van der Waals surface area contributed by atoms with Crippen LogP contribution < -0.4 is 5.32 Å². The van der Waals surface area contributed by atoms with Gasteiger partial charge in [-0.25, -0.2) is 0 Å². The van der Waals surface area contributed by atoms with E-state index in [0.717, 1.165) is 12.2 Å². The first kappa shape index (κ1) is 19.8. The van der Waals surface area contributed by atoms with Gasteiger partial charge in [-0.2, -0.15) is 0 Å². The molecule has 1 N–H and O–H groups in total. The fourth-order valence-corrected chi connectivity index (χ4v) is 6.81. The second-order valence-electron chi connectivity index (χ2n) is 8.75. The van der Waals surface area contributed by atoms with Crippen molar-refractivity contribution >= 4 is 17.7 Å². The second kappa shape index (κ2) is 7.23. The first-order valence-electron chi connectivity index (χ1n) is 9.96. The molecule has 3 aliphatic rings. The monoisotopic (exact) mass is 377 g/mol. The van der Waals surface area contributed by atoms with Gasteiger partial charge in [-0.05, 0) is 26.3 Å². The third kappa shape index (κ3) is 3.01. The Morgan fingerprint density at radius 1 is 1.35 bits per heavy atom. The molecule has 3 rings (SSSR count). The summed E-state index contributed by atoms with van der Waals surface area (Å²) in [6, 6.07) is 0.926. The molecular weight excluding hydrogens is 342 g/mol. The van der Waals surface area contributed by atoms with Gasteiger partial charge in [0.1, 0.15) is 0 Å². The first-order valence-corrected chi connectivity index (χ1v) is 10.8. The molecule has 1 amide bonds. The standard InChI is InChI=1S/C21H35N3OS/c1-11(2)18-19-13(4)20(15(6)24(19)21(18)25)26-16-9-17(23(8)10-16)12(3)14(5)22-7/h11-13,16-19,22H,5,9-10H2,1-4,6-8H3/t12?,13-,16?,17+,18-,19-/m1/s1. The average molecular weight is 378 g/mol. The molecule has 3 aliphatic heterocycles. The molecule has 2 fully saturated rings. The molecule has 0 saturated carbocycles. The van der Waals surface area contributed by atoms with E-state index in [4.69, 9.17) is 0 Å². The van der Waals surface area contributed by atoms with Gasteiger partial charge < -0.3 is 15.1 Å². The highest BCUT2D eigenvalue weighted by Crippen LogP contribution is 2.52. The van der Waals surface area contributed by atoms with E-state index in [1.54, 1.807) is 0 Å². The van der Waals surface area contributed by atoms with Crippen LogP contribution in [-0.2, 0) is 4.79 Å². The van der Waals surface area contributed by atoms with Crippen LogP contribution in [-0.4, -0.2) is 53.7 Å². The summed E-state index contributed by atoms with van der Waals surface area (Å²) in [6.45, 7) is 16.4. The van der Waals surface area contributed by atoms with Crippen molar-refractivity contribution in [1.29, 1.82) is 0 Å². The Balaban J connectivity index is 1.69. The predicted molar refractivity (Wildman–Crippen MR) is 111 cm³/mol. The number of hydrogen-bond donors (Lipinski definition) is 1. The number of hydrogen-bond acceptors (Lipinski definition) is 4. The number of allylic oxidation sites excluding steroid dienone is 1. The zero-order valence-electron chi connectivity index (χ0n) is 17.4. The van der Waals surface area contributed by atoms with Gasteiger partial charge in [-0.15, -0.1) is 11.8 Å². The van der Waals surface area contributed by atoms with Crippen LogP contribution in [0.1, 0.15) is 41.0 Å². The molecule has 0 aromatic carbocycles. The normalized spacial score (nSPS) is 35.8. The Hall–Kier alpha value is -0.940. The van der Waals surface area contributed by atoms with Crippen molar-refractivity contribution in [3.63, 3.8) is 0 Å². The number of amides is 1. The minimum Gasteiger partial charge on any atom is -0.392 e. The van der Waals surface area contributed by atoms with E-state index in [1.807, 2.05) is 18.8 Å². The third-order valence-electron chi connectivity index (χ3n) is 6.85. The maximum Gasteiger partial charge on any atom is 0.232 e. The lowest BCUT2D eigenvalue weighted by atomic mass is 9.75. The lowest BCUT2D eigenvalue weighted by Crippen LogP contribution is -2.61. The highest BCUT2D eigenvalue weighted by molar-refractivity contribution is 8.03. The summed E-state index contributed by atoms with van der Waals surface area (Å²) in [5, 5.41) is 3.82. The molecule has 2 saturated heterocycles. The van der Waals surface area contributed by atoms with Crippen molar-refractivity contribution in [3.8, 4) is 0 Å². The second-order valence-corrected chi connectivity index (χ2v) is 10.1. The molecule has 0 aromatic heterocycles. The van der Waals surface area contributed by atoms with E-state index in [2.05, 4.69) is 63.4 Å². The summed E-state index contributed by atoms with van der Waals surface area (Å²) in [5.74, 6) is 1.89. The summed E-state index contributed by atoms with van der Waals surface area (Å²) >= 11 is 2.03. The molecule has 0 aliphatic carbocycles. The van der Waals surface area contributed by atoms with E-state index in [1.165, 1.54) is 17.0 Å². The summed E-state index contributed by atoms with van der Waals surface area (Å²) in [7, 11) is 4.19. The maximum atomic E-state index is 12.6. The van der Waals surface area contributed by atoms with Crippen molar-refractivity contribution in [3.05, 3.63) is 22.9 Å². The number of thioether (sulfide) groups is 1. The summed E-state index contributed by atoms with van der Waals surface area (Å²) in [5.41, 5.74) is 2.33. The number of carbonyl (C=O) groups is 1. The molecule has 6 atom stereocenters. The van der Waals surface area contributed by atoms with Crippen LogP contribution in [0.25, 0.3) is 0 Å². The lowest BCUT2D eigenvalue weighted by molar-refractivity contribution is -0.155. The molecule has 3 heterocycles. The Labute approximate surface area is 163 Å². The molecule has 4 nitrogen and oxygen atoms in total. The van der Waals surface area contributed by atoms with Gasteiger partial charge in [0.25, 0.3) is 0 Å². The Morgan fingerprint density at radius 2 is 2.00 bits per heavy atom. The Kier molecular flexibility index (Phi) is 5.51. The van der Waals surface area contributed by atoms with E-state index < -0.39 is 0 Å². The number of nitrogens with zero attached hydrogens (tertiary/aromatic N) is 2. The predicted octanol–water partition coefficient (Wildman–Crippen LogP) is 3.53. The van der Waals surface area contributed by atoms with Gasteiger partial charge in [-0.1, -0.05) is 34.3 Å². The van der Waals surface area contributed by atoms with Crippen LogP contribution in [0.5, 0.6) is 0 Å². The van der Waals surface area contributed by atoms with Gasteiger partial charge in [0.05, 0.1) is 12.0 Å². The number of likely N-dealkylation sites (tertiary alicyclic amines) is 1. The van der Waals surface area contributed by atoms with Crippen LogP contribution in [0, 0.1) is 23.7 Å². The minimum atomic E-state index is 0.205. The fourth-order valence-electron chi connectivity index (χ4n) is 5.22. The Morgan fingerprint density at radius 3 is 2.58 bits per heavy atom. The molecule has 0 radical (unpaired) electrons. The lowest BCUT2D eigenvalue weighted by Gasteiger charge is -2.47. The largest absolute Gasteiger partial charge is 0.392 e. The zero-order chi connectivity index (χ0) is 19.3. The van der Waals surface area contributed by atoms with E-state index in [-0.39, 0.29) is 5.92 Å².